The lowest BCUT2D eigenvalue weighted by molar-refractivity contribution is 0.164. The summed E-state index contributed by atoms with van der Waals surface area (Å²) in [5.41, 5.74) is 2.56. The van der Waals surface area contributed by atoms with Gasteiger partial charge in [0.1, 0.15) is 0 Å². The average molecular weight is 307 g/mol. The molecule has 1 aliphatic heterocycles. The van der Waals surface area contributed by atoms with Crippen LogP contribution in [-0.4, -0.2) is 18.7 Å². The summed E-state index contributed by atoms with van der Waals surface area (Å²) in [5, 5.41) is 0. The summed E-state index contributed by atoms with van der Waals surface area (Å²) < 4.78 is 32.0. The van der Waals surface area contributed by atoms with Crippen molar-refractivity contribution >= 4 is 21.5 Å². The van der Waals surface area contributed by atoms with E-state index in [4.69, 9.17) is 0 Å². The monoisotopic (exact) mass is 307 g/mol. The Morgan fingerprint density at radius 1 is 1.38 bits per heavy atom. The summed E-state index contributed by atoms with van der Waals surface area (Å²) in [6, 6.07) is 4.70. The fourth-order valence-corrected chi connectivity index (χ4v) is 4.04. The number of hydrogen-bond acceptors (Lipinski definition) is 3. The van der Waals surface area contributed by atoms with Crippen LogP contribution >= 0.6 is 0 Å². The maximum absolute atomic E-state index is 11.4. The molecule has 3 atom stereocenters. The van der Waals surface area contributed by atoms with Crippen molar-refractivity contribution in [2.75, 3.05) is 0 Å². The van der Waals surface area contributed by atoms with Crippen molar-refractivity contribution in [3.05, 3.63) is 23.8 Å². The van der Waals surface area contributed by atoms with Crippen LogP contribution in [0.1, 0.15) is 45.6 Å². The number of nitrogens with zero attached hydrogens (tertiary/aromatic N) is 1. The molecule has 0 aromatic heterocycles. The highest BCUT2D eigenvalue weighted by molar-refractivity contribution is 7.85. The molecule has 0 bridgehead atoms. The van der Waals surface area contributed by atoms with E-state index >= 15 is 0 Å². The van der Waals surface area contributed by atoms with Crippen LogP contribution < -0.4 is 0 Å². The molecule has 21 heavy (non-hydrogen) atoms. The SMILES string of the molecule is CC1=Nc2ccc(S(=O)(=O)O)cc2C1(C)CC1CCC1C. The molecular formula is C16H21NO3S. The molecule has 4 nitrogen and oxygen atoms in total. The molecule has 0 spiro atoms. The highest BCUT2D eigenvalue weighted by Crippen LogP contribution is 2.49. The van der Waals surface area contributed by atoms with E-state index in [9.17, 15) is 13.0 Å². The molecule has 114 valence electrons. The molecule has 3 unspecified atom stereocenters. The lowest BCUT2D eigenvalue weighted by Gasteiger charge is -2.40. The summed E-state index contributed by atoms with van der Waals surface area (Å²) >= 11 is 0. The Morgan fingerprint density at radius 2 is 2.10 bits per heavy atom. The van der Waals surface area contributed by atoms with E-state index in [1.807, 2.05) is 6.92 Å². The van der Waals surface area contributed by atoms with Crippen LogP contribution in [-0.2, 0) is 15.5 Å². The van der Waals surface area contributed by atoms with E-state index < -0.39 is 10.1 Å². The zero-order valence-corrected chi connectivity index (χ0v) is 13.4. The van der Waals surface area contributed by atoms with Crippen LogP contribution in [0.2, 0.25) is 0 Å². The third-order valence-electron chi connectivity index (χ3n) is 5.42. The molecule has 1 aliphatic carbocycles. The van der Waals surface area contributed by atoms with Gasteiger partial charge in [-0.1, -0.05) is 20.3 Å². The van der Waals surface area contributed by atoms with Crippen molar-refractivity contribution < 1.29 is 13.0 Å². The van der Waals surface area contributed by atoms with Crippen molar-refractivity contribution in [1.29, 1.82) is 0 Å². The van der Waals surface area contributed by atoms with Gasteiger partial charge in [-0.25, -0.2) is 0 Å². The molecule has 1 N–H and O–H groups in total. The van der Waals surface area contributed by atoms with Gasteiger partial charge in [0.2, 0.25) is 0 Å². The van der Waals surface area contributed by atoms with Crippen LogP contribution in [0.4, 0.5) is 5.69 Å². The summed E-state index contributed by atoms with van der Waals surface area (Å²) in [6.45, 7) is 6.42. The third-order valence-corrected chi connectivity index (χ3v) is 6.26. The maximum Gasteiger partial charge on any atom is 0.294 e. The first-order valence-corrected chi connectivity index (χ1v) is 8.83. The summed E-state index contributed by atoms with van der Waals surface area (Å²) in [7, 11) is -4.17. The largest absolute Gasteiger partial charge is 0.294 e. The maximum atomic E-state index is 11.4. The molecule has 1 aromatic rings. The van der Waals surface area contributed by atoms with Crippen molar-refractivity contribution in [2.45, 2.75) is 50.3 Å². The Kier molecular flexibility index (Phi) is 3.26. The van der Waals surface area contributed by atoms with Gasteiger partial charge in [-0.3, -0.25) is 9.55 Å². The average Bonchev–Trinajstić information content (AvgIpc) is 2.65. The van der Waals surface area contributed by atoms with Crippen LogP contribution in [0.15, 0.2) is 28.1 Å². The molecule has 0 amide bonds. The zero-order valence-electron chi connectivity index (χ0n) is 12.6. The van der Waals surface area contributed by atoms with Gasteiger partial charge in [-0.05, 0) is 55.4 Å². The fourth-order valence-electron chi connectivity index (χ4n) is 3.53. The van der Waals surface area contributed by atoms with Crippen LogP contribution in [0.5, 0.6) is 0 Å². The van der Waals surface area contributed by atoms with E-state index in [0.717, 1.165) is 29.3 Å². The predicted octanol–water partition coefficient (Wildman–Crippen LogP) is 3.73. The summed E-state index contributed by atoms with van der Waals surface area (Å²) in [6.07, 6.45) is 3.50. The van der Waals surface area contributed by atoms with Crippen LogP contribution in [0.3, 0.4) is 0 Å². The molecular weight excluding hydrogens is 286 g/mol. The van der Waals surface area contributed by atoms with Gasteiger partial charge >= 0.3 is 0 Å². The van der Waals surface area contributed by atoms with Crippen molar-refractivity contribution in [2.24, 2.45) is 16.8 Å². The lowest BCUT2D eigenvalue weighted by Crippen LogP contribution is -2.36. The third kappa shape index (κ3) is 2.32. The Labute approximate surface area is 126 Å². The second-order valence-electron chi connectivity index (χ2n) is 6.70. The van der Waals surface area contributed by atoms with Gasteiger partial charge in [0, 0.05) is 11.1 Å². The molecule has 0 saturated heterocycles. The van der Waals surface area contributed by atoms with E-state index in [-0.39, 0.29) is 10.3 Å². The first-order chi connectivity index (χ1) is 9.72. The van der Waals surface area contributed by atoms with Gasteiger partial charge in [0.15, 0.2) is 0 Å². The number of hydrogen-bond donors (Lipinski definition) is 1. The van der Waals surface area contributed by atoms with E-state index in [1.54, 1.807) is 12.1 Å². The molecule has 3 rings (SSSR count). The van der Waals surface area contributed by atoms with E-state index in [2.05, 4.69) is 18.8 Å². The van der Waals surface area contributed by atoms with E-state index in [1.165, 1.54) is 18.9 Å². The topological polar surface area (TPSA) is 66.7 Å². The molecule has 1 saturated carbocycles. The second kappa shape index (κ2) is 4.65. The van der Waals surface area contributed by atoms with Crippen LogP contribution in [0, 0.1) is 11.8 Å². The molecule has 2 aliphatic rings. The van der Waals surface area contributed by atoms with Crippen molar-refractivity contribution in [3.63, 3.8) is 0 Å². The van der Waals surface area contributed by atoms with Crippen molar-refractivity contribution in [1.82, 2.24) is 0 Å². The zero-order chi connectivity index (χ0) is 15.4. The van der Waals surface area contributed by atoms with E-state index in [0.29, 0.717) is 5.92 Å². The van der Waals surface area contributed by atoms with Crippen molar-refractivity contribution in [3.8, 4) is 0 Å². The van der Waals surface area contributed by atoms with Gasteiger partial charge in [-0.15, -0.1) is 0 Å². The Balaban J connectivity index is 2.03. The first-order valence-electron chi connectivity index (χ1n) is 7.39. The molecule has 5 heteroatoms. The van der Waals surface area contributed by atoms with Crippen LogP contribution in [0.25, 0.3) is 0 Å². The quantitative estimate of drug-likeness (QED) is 0.865. The minimum atomic E-state index is -4.17. The molecule has 1 aromatic carbocycles. The second-order valence-corrected chi connectivity index (χ2v) is 8.12. The number of rotatable bonds is 3. The van der Waals surface area contributed by atoms with Gasteiger partial charge in [0.25, 0.3) is 10.1 Å². The summed E-state index contributed by atoms with van der Waals surface area (Å²) in [5.74, 6) is 1.39. The standard InChI is InChI=1S/C16H21NO3S/c1-10-4-5-12(10)9-16(3)11(2)17-15-7-6-13(8-14(15)16)21(18,19)20/h6-8,10,12H,4-5,9H2,1-3H3,(H,18,19,20). The summed E-state index contributed by atoms with van der Waals surface area (Å²) in [4.78, 5) is 4.56. The Bertz CT molecular complexity index is 723. The molecule has 0 radical (unpaired) electrons. The smallest absolute Gasteiger partial charge is 0.282 e. The molecule has 1 heterocycles. The highest BCUT2D eigenvalue weighted by atomic mass is 32.2. The number of benzene rings is 1. The van der Waals surface area contributed by atoms with Gasteiger partial charge in [0.05, 0.1) is 10.6 Å². The first kappa shape index (κ1) is 14.7. The lowest BCUT2D eigenvalue weighted by atomic mass is 9.64. The number of fused-ring (bicyclic) bond motifs is 1. The predicted molar refractivity (Wildman–Crippen MR) is 82.9 cm³/mol. The molecule has 1 fully saturated rings. The minimum absolute atomic E-state index is 0.0426. The van der Waals surface area contributed by atoms with Gasteiger partial charge < -0.3 is 0 Å². The van der Waals surface area contributed by atoms with Gasteiger partial charge in [-0.2, -0.15) is 8.42 Å². The minimum Gasteiger partial charge on any atom is -0.282 e. The fraction of sp³-hybridized carbons (Fsp3) is 0.562. The Morgan fingerprint density at radius 3 is 2.62 bits per heavy atom. The highest BCUT2D eigenvalue weighted by Gasteiger charge is 2.42. The normalized spacial score (nSPS) is 31.5. The number of aliphatic imine (C=N–C) groups is 1. The Hall–Kier alpha value is -1.20.